The molecular formula is C15H18N2O2S. The van der Waals surface area contributed by atoms with Gasteiger partial charge in [0.15, 0.2) is 0 Å². The number of aryl methyl sites for hydroxylation is 2. The Labute approximate surface area is 122 Å². The van der Waals surface area contributed by atoms with Crippen LogP contribution in [0.25, 0.3) is 0 Å². The number of anilines is 1. The summed E-state index contributed by atoms with van der Waals surface area (Å²) in [4.78, 5) is 8.10. The summed E-state index contributed by atoms with van der Waals surface area (Å²) in [6.45, 7) is 5.61. The molecule has 20 heavy (non-hydrogen) atoms. The second-order valence-electron chi connectivity index (χ2n) is 5.02. The first-order valence-electron chi connectivity index (χ1n) is 6.71. The summed E-state index contributed by atoms with van der Waals surface area (Å²) in [7, 11) is 0. The summed E-state index contributed by atoms with van der Waals surface area (Å²) in [5, 5.41) is 10.5. The number of hydrogen-bond acceptors (Lipinski definition) is 5. The fourth-order valence-electron chi connectivity index (χ4n) is 2.39. The Hall–Kier alpha value is -1.59. The lowest BCUT2D eigenvalue weighted by Gasteiger charge is -2.35. The molecule has 4 nitrogen and oxygen atoms in total. The summed E-state index contributed by atoms with van der Waals surface area (Å²) < 4.78 is 5.77. The van der Waals surface area contributed by atoms with Crippen molar-refractivity contribution >= 4 is 17.0 Å². The Morgan fingerprint density at radius 1 is 1.40 bits per heavy atom. The maximum Gasteiger partial charge on any atom is 0.143 e. The first kappa shape index (κ1) is 13.4. The van der Waals surface area contributed by atoms with E-state index < -0.39 is 0 Å². The van der Waals surface area contributed by atoms with E-state index in [9.17, 15) is 5.11 Å². The number of thiazole rings is 1. The molecule has 0 amide bonds. The summed E-state index contributed by atoms with van der Waals surface area (Å²) in [6, 6.07) is 7.96. The topological polar surface area (TPSA) is 45.6 Å². The minimum atomic E-state index is -0.174. The molecule has 0 radical (unpaired) electrons. The molecule has 106 valence electrons. The lowest BCUT2D eigenvalue weighted by molar-refractivity contribution is 0.112. The minimum Gasteiger partial charge on any atom is -0.484 e. The minimum absolute atomic E-state index is 0.0285. The number of aliphatic hydroxyl groups is 1. The quantitative estimate of drug-likeness (QED) is 0.943. The van der Waals surface area contributed by atoms with Crippen LogP contribution < -0.4 is 9.64 Å². The molecule has 0 bridgehead atoms. The van der Waals surface area contributed by atoms with E-state index >= 15 is 0 Å². The number of nitrogens with zero attached hydrogens (tertiary/aromatic N) is 2. The number of benzene rings is 1. The molecule has 0 unspecified atom stereocenters. The lowest BCUT2D eigenvalue weighted by Crippen LogP contribution is -2.41. The third-order valence-electron chi connectivity index (χ3n) is 3.53. The van der Waals surface area contributed by atoms with Crippen LogP contribution in [0.15, 0.2) is 24.3 Å². The average molecular weight is 290 g/mol. The van der Waals surface area contributed by atoms with Crippen molar-refractivity contribution in [1.82, 2.24) is 4.98 Å². The van der Waals surface area contributed by atoms with Gasteiger partial charge in [-0.1, -0.05) is 12.1 Å². The van der Waals surface area contributed by atoms with Crippen LogP contribution in [-0.4, -0.2) is 29.3 Å². The smallest absolute Gasteiger partial charge is 0.143 e. The maximum atomic E-state index is 9.38. The highest BCUT2D eigenvalue weighted by Crippen LogP contribution is 2.34. The maximum absolute atomic E-state index is 9.38. The van der Waals surface area contributed by atoms with Gasteiger partial charge in [0.05, 0.1) is 31.1 Å². The Bertz CT molecular complexity index is 592. The van der Waals surface area contributed by atoms with Crippen LogP contribution in [0.3, 0.4) is 0 Å². The van der Waals surface area contributed by atoms with Gasteiger partial charge in [0.2, 0.25) is 0 Å². The summed E-state index contributed by atoms with van der Waals surface area (Å²) in [6.07, 6.45) is -0.174. The second kappa shape index (κ2) is 5.42. The standard InChI is InChI=1S/C15H18N2O2S/c1-10-11(2)20-15(16-10)8-17-7-12(9-18)19-14-6-4-3-5-13(14)17/h3-6,12,18H,7-9H2,1-2H3/t12-/m0/s1. The van der Waals surface area contributed by atoms with Crippen molar-refractivity contribution in [3.8, 4) is 5.75 Å². The molecule has 1 aromatic carbocycles. The van der Waals surface area contributed by atoms with Crippen molar-refractivity contribution in [1.29, 1.82) is 0 Å². The fraction of sp³-hybridized carbons (Fsp3) is 0.400. The summed E-state index contributed by atoms with van der Waals surface area (Å²) in [5.41, 5.74) is 2.17. The van der Waals surface area contributed by atoms with E-state index in [-0.39, 0.29) is 12.7 Å². The van der Waals surface area contributed by atoms with Crippen molar-refractivity contribution in [3.05, 3.63) is 39.8 Å². The van der Waals surface area contributed by atoms with Crippen molar-refractivity contribution < 1.29 is 9.84 Å². The van der Waals surface area contributed by atoms with E-state index in [1.165, 1.54) is 4.88 Å². The highest BCUT2D eigenvalue weighted by Gasteiger charge is 2.25. The lowest BCUT2D eigenvalue weighted by atomic mass is 10.2. The van der Waals surface area contributed by atoms with Crippen molar-refractivity contribution in [2.75, 3.05) is 18.1 Å². The van der Waals surface area contributed by atoms with E-state index in [0.29, 0.717) is 6.54 Å². The fourth-order valence-corrected chi connectivity index (χ4v) is 3.34. The van der Waals surface area contributed by atoms with Gasteiger partial charge < -0.3 is 14.7 Å². The molecule has 0 fully saturated rings. The molecular weight excluding hydrogens is 272 g/mol. The normalized spacial score (nSPS) is 17.8. The molecule has 0 saturated heterocycles. The largest absolute Gasteiger partial charge is 0.484 e. The molecule has 0 aliphatic carbocycles. The molecule has 1 aromatic heterocycles. The number of rotatable bonds is 3. The first-order chi connectivity index (χ1) is 9.67. The van der Waals surface area contributed by atoms with Crippen molar-refractivity contribution in [2.24, 2.45) is 0 Å². The molecule has 3 rings (SSSR count). The molecule has 1 N–H and O–H groups in total. The van der Waals surface area contributed by atoms with Crippen LogP contribution in [0.2, 0.25) is 0 Å². The highest BCUT2D eigenvalue weighted by molar-refractivity contribution is 7.11. The Morgan fingerprint density at radius 2 is 2.20 bits per heavy atom. The van der Waals surface area contributed by atoms with E-state index in [1.54, 1.807) is 11.3 Å². The molecule has 1 aliphatic rings. The first-order valence-corrected chi connectivity index (χ1v) is 7.53. The van der Waals surface area contributed by atoms with Gasteiger partial charge >= 0.3 is 0 Å². The molecule has 0 saturated carbocycles. The van der Waals surface area contributed by atoms with Gasteiger partial charge in [0.1, 0.15) is 16.9 Å². The van der Waals surface area contributed by atoms with Gasteiger partial charge in [0.25, 0.3) is 0 Å². The van der Waals surface area contributed by atoms with Crippen LogP contribution in [0, 0.1) is 13.8 Å². The molecule has 2 aromatic rings. The predicted octanol–water partition coefficient (Wildman–Crippen LogP) is 2.52. The zero-order valence-corrected chi connectivity index (χ0v) is 12.5. The SMILES string of the molecule is Cc1nc(CN2C[C@@H](CO)Oc3ccccc32)sc1C. The van der Waals surface area contributed by atoms with E-state index in [1.807, 2.05) is 25.1 Å². The number of hydrogen-bond donors (Lipinski definition) is 1. The van der Waals surface area contributed by atoms with E-state index in [4.69, 9.17) is 4.74 Å². The molecule has 0 spiro atoms. The van der Waals surface area contributed by atoms with Crippen LogP contribution in [0.1, 0.15) is 15.6 Å². The van der Waals surface area contributed by atoms with Crippen LogP contribution in [0.5, 0.6) is 5.75 Å². The Kier molecular flexibility index (Phi) is 3.63. The van der Waals surface area contributed by atoms with Gasteiger partial charge in [-0.3, -0.25) is 0 Å². The monoisotopic (exact) mass is 290 g/mol. The third-order valence-corrected chi connectivity index (χ3v) is 4.58. The number of aromatic nitrogens is 1. The zero-order chi connectivity index (χ0) is 14.1. The van der Waals surface area contributed by atoms with E-state index in [0.717, 1.165) is 28.7 Å². The van der Waals surface area contributed by atoms with Crippen molar-refractivity contribution in [3.63, 3.8) is 0 Å². The zero-order valence-electron chi connectivity index (χ0n) is 11.7. The molecule has 1 atom stereocenters. The number of ether oxygens (including phenoxy) is 1. The average Bonchev–Trinajstić information content (AvgIpc) is 2.77. The molecule has 5 heteroatoms. The van der Waals surface area contributed by atoms with Crippen molar-refractivity contribution in [2.45, 2.75) is 26.5 Å². The van der Waals surface area contributed by atoms with Gasteiger partial charge in [-0.25, -0.2) is 4.98 Å². The Balaban J connectivity index is 1.88. The van der Waals surface area contributed by atoms with Gasteiger partial charge in [-0.15, -0.1) is 11.3 Å². The molecule has 1 aliphatic heterocycles. The number of para-hydroxylation sites is 2. The van der Waals surface area contributed by atoms with Gasteiger partial charge in [-0.2, -0.15) is 0 Å². The van der Waals surface area contributed by atoms with E-state index in [2.05, 4.69) is 22.9 Å². The predicted molar refractivity (Wildman–Crippen MR) is 80.6 cm³/mol. The summed E-state index contributed by atoms with van der Waals surface area (Å²) >= 11 is 1.74. The van der Waals surface area contributed by atoms with Crippen LogP contribution in [-0.2, 0) is 6.54 Å². The van der Waals surface area contributed by atoms with Gasteiger partial charge in [0, 0.05) is 4.88 Å². The number of aliphatic hydroxyl groups excluding tert-OH is 1. The molecule has 2 heterocycles. The Morgan fingerprint density at radius 3 is 2.90 bits per heavy atom. The summed E-state index contributed by atoms with van der Waals surface area (Å²) in [5.74, 6) is 0.836. The van der Waals surface area contributed by atoms with Gasteiger partial charge in [-0.05, 0) is 26.0 Å². The van der Waals surface area contributed by atoms with Crippen LogP contribution in [0.4, 0.5) is 5.69 Å². The second-order valence-corrected chi connectivity index (χ2v) is 6.31. The number of fused-ring (bicyclic) bond motifs is 1. The third kappa shape index (κ3) is 2.51. The van der Waals surface area contributed by atoms with Crippen LogP contribution >= 0.6 is 11.3 Å². The highest BCUT2D eigenvalue weighted by atomic mass is 32.1.